The summed E-state index contributed by atoms with van der Waals surface area (Å²) >= 11 is 0. The number of anilines is 1. The molecule has 1 rings (SSSR count). The molecule has 0 aromatic heterocycles. The molecule has 1 aromatic rings. The zero-order valence-corrected chi connectivity index (χ0v) is 12.2. The molecule has 0 spiro atoms. The number of alkyl halides is 3. The van der Waals surface area contributed by atoms with Crippen molar-refractivity contribution in [1.29, 1.82) is 0 Å². The van der Waals surface area contributed by atoms with Crippen molar-refractivity contribution in [1.82, 2.24) is 0 Å². The van der Waals surface area contributed by atoms with E-state index in [0.717, 1.165) is 17.1 Å². The van der Waals surface area contributed by atoms with Crippen LogP contribution in [0.15, 0.2) is 18.2 Å². The van der Waals surface area contributed by atoms with Gasteiger partial charge in [-0.1, -0.05) is 0 Å². The largest absolute Gasteiger partial charge is 0.462 e. The maximum atomic E-state index is 12.6. The second-order valence-corrected chi connectivity index (χ2v) is 5.10. The Kier molecular flexibility index (Phi) is 6.62. The molecule has 4 nitrogen and oxygen atoms in total. The summed E-state index contributed by atoms with van der Waals surface area (Å²) in [5.41, 5.74) is -1.66. The summed E-state index contributed by atoms with van der Waals surface area (Å²) < 4.78 is 54.2. The van der Waals surface area contributed by atoms with Crippen LogP contribution >= 0.6 is 0 Å². The van der Waals surface area contributed by atoms with Crippen molar-refractivity contribution < 1.29 is 27.1 Å². The molecule has 21 heavy (non-hydrogen) atoms. The van der Waals surface area contributed by atoms with E-state index < -0.39 is 23.2 Å². The van der Waals surface area contributed by atoms with Gasteiger partial charge in [-0.3, -0.25) is 4.79 Å². The number of nitrogens with zero attached hydrogens (tertiary/aromatic N) is 1. The topological polar surface area (TPSA) is 55.6 Å². The molecule has 0 radical (unpaired) electrons. The van der Waals surface area contributed by atoms with E-state index in [4.69, 9.17) is 5.84 Å². The number of hydrogen-bond donors (Lipinski definition) is 1. The van der Waals surface area contributed by atoms with E-state index in [0.29, 0.717) is 12.5 Å². The average Bonchev–Trinajstić information content (AvgIpc) is 2.26. The molecule has 120 valence electrons. The van der Waals surface area contributed by atoms with E-state index >= 15 is 0 Å². The molecule has 0 aliphatic rings. The van der Waals surface area contributed by atoms with Crippen molar-refractivity contribution in [2.45, 2.75) is 32.5 Å². The summed E-state index contributed by atoms with van der Waals surface area (Å²) in [6, 6.07) is 2.15. The van der Waals surface area contributed by atoms with Gasteiger partial charge in [0.1, 0.15) is 11.4 Å². The number of nitrogens with two attached hydrogens (primary N) is 1. The lowest BCUT2D eigenvalue weighted by atomic mass is 10.1. The van der Waals surface area contributed by atoms with Crippen LogP contribution in [0.1, 0.15) is 26.3 Å². The maximum absolute atomic E-state index is 12.6. The minimum absolute atomic E-state index is 0.318. The fraction of sp³-hybridized carbons (Fsp3) is 0.462. The highest BCUT2D eigenvalue weighted by Gasteiger charge is 2.34. The van der Waals surface area contributed by atoms with Crippen molar-refractivity contribution in [3.8, 4) is 0 Å². The van der Waals surface area contributed by atoms with Crippen LogP contribution in [0.5, 0.6) is 0 Å². The van der Waals surface area contributed by atoms with Crippen LogP contribution in [0.4, 0.5) is 23.2 Å². The molecule has 0 saturated carbocycles. The Morgan fingerprint density at radius 2 is 1.76 bits per heavy atom. The summed E-state index contributed by atoms with van der Waals surface area (Å²) in [5, 5.41) is 0.728. The van der Waals surface area contributed by atoms with Crippen molar-refractivity contribution in [3.63, 3.8) is 0 Å². The number of rotatable bonds is 2. The first-order valence-corrected chi connectivity index (χ1v) is 5.85. The predicted molar refractivity (Wildman–Crippen MR) is 70.9 cm³/mol. The number of ether oxygens (including phenoxy) is 1. The van der Waals surface area contributed by atoms with E-state index in [-0.39, 0.29) is 5.60 Å². The highest BCUT2D eigenvalue weighted by molar-refractivity contribution is 5.53. The molecule has 0 saturated heterocycles. The van der Waals surface area contributed by atoms with Crippen LogP contribution in [0.2, 0.25) is 0 Å². The Labute approximate surface area is 120 Å². The van der Waals surface area contributed by atoms with E-state index in [9.17, 15) is 22.4 Å². The summed E-state index contributed by atoms with van der Waals surface area (Å²) in [6.45, 7) is 5.92. The quantitative estimate of drug-likeness (QED) is 0.395. The van der Waals surface area contributed by atoms with Crippen LogP contribution in [0.25, 0.3) is 0 Å². The van der Waals surface area contributed by atoms with Gasteiger partial charge in [0.2, 0.25) is 0 Å². The molecule has 0 aliphatic carbocycles. The van der Waals surface area contributed by atoms with Crippen molar-refractivity contribution in [3.05, 3.63) is 29.6 Å². The molecule has 0 aliphatic heterocycles. The van der Waals surface area contributed by atoms with Gasteiger partial charge in [0.05, 0.1) is 11.3 Å². The summed E-state index contributed by atoms with van der Waals surface area (Å²) in [4.78, 5) is 9.60. The van der Waals surface area contributed by atoms with Crippen LogP contribution in [0.3, 0.4) is 0 Å². The van der Waals surface area contributed by atoms with Crippen LogP contribution in [-0.2, 0) is 15.7 Å². The minimum Gasteiger partial charge on any atom is -0.462 e. The molecule has 8 heteroatoms. The molecule has 0 fully saturated rings. The van der Waals surface area contributed by atoms with Gasteiger partial charge in [0, 0.05) is 7.05 Å². The zero-order valence-electron chi connectivity index (χ0n) is 12.2. The van der Waals surface area contributed by atoms with E-state index in [1.54, 1.807) is 0 Å². The Morgan fingerprint density at radius 1 is 1.24 bits per heavy atom. The van der Waals surface area contributed by atoms with E-state index in [1.165, 1.54) is 7.05 Å². The van der Waals surface area contributed by atoms with E-state index in [2.05, 4.69) is 4.74 Å². The number of hydrogen-bond acceptors (Lipinski definition) is 4. The van der Waals surface area contributed by atoms with Crippen LogP contribution in [0, 0.1) is 5.82 Å². The molecular weight excluding hydrogens is 292 g/mol. The second kappa shape index (κ2) is 7.26. The predicted octanol–water partition coefficient (Wildman–Crippen LogP) is 3.11. The third-order valence-corrected chi connectivity index (χ3v) is 2.05. The fourth-order valence-corrected chi connectivity index (χ4v) is 1.18. The number of hydrazine groups is 1. The van der Waals surface area contributed by atoms with Gasteiger partial charge >= 0.3 is 6.18 Å². The molecule has 1 aromatic carbocycles. The zero-order chi connectivity index (χ0) is 16.8. The lowest BCUT2D eigenvalue weighted by molar-refractivity contribution is -0.139. The van der Waals surface area contributed by atoms with Crippen molar-refractivity contribution in [2.75, 3.05) is 12.1 Å². The molecule has 0 amide bonds. The van der Waals surface area contributed by atoms with Crippen molar-refractivity contribution >= 4 is 12.2 Å². The molecule has 2 N–H and O–H groups in total. The first-order valence-electron chi connectivity index (χ1n) is 5.85. The summed E-state index contributed by atoms with van der Waals surface area (Å²) in [7, 11) is 1.21. The van der Waals surface area contributed by atoms with Gasteiger partial charge in [0.15, 0.2) is 0 Å². The maximum Gasteiger partial charge on any atom is 0.418 e. The van der Waals surface area contributed by atoms with Crippen LogP contribution in [-0.4, -0.2) is 19.1 Å². The highest BCUT2D eigenvalue weighted by Crippen LogP contribution is 2.35. The van der Waals surface area contributed by atoms with E-state index in [1.807, 2.05) is 20.8 Å². The highest BCUT2D eigenvalue weighted by atomic mass is 19.4. The molecule has 0 bridgehead atoms. The normalized spacial score (nSPS) is 11.3. The van der Waals surface area contributed by atoms with Crippen molar-refractivity contribution in [2.24, 2.45) is 5.84 Å². The lowest BCUT2D eigenvalue weighted by Crippen LogP contribution is -2.28. The number of carbonyl (C=O) groups is 1. The average molecular weight is 310 g/mol. The Morgan fingerprint density at radius 3 is 2.05 bits per heavy atom. The number of benzene rings is 1. The fourth-order valence-electron chi connectivity index (χ4n) is 1.18. The minimum atomic E-state index is -4.53. The first kappa shape index (κ1) is 19.2. The first-order chi connectivity index (χ1) is 9.38. The van der Waals surface area contributed by atoms with Gasteiger partial charge < -0.3 is 9.75 Å². The monoisotopic (exact) mass is 310 g/mol. The SMILES string of the molecule is CC(C)(C)OC=O.CN(N)c1cc(F)ccc1C(F)(F)F. The molecule has 0 unspecified atom stereocenters. The molecular formula is C13H18F4N2O2. The third-order valence-electron chi connectivity index (χ3n) is 2.05. The third kappa shape index (κ3) is 7.50. The summed E-state index contributed by atoms with van der Waals surface area (Å²) in [6.07, 6.45) is -4.53. The van der Waals surface area contributed by atoms with Gasteiger partial charge in [-0.2, -0.15) is 13.2 Å². The molecule has 0 heterocycles. The summed E-state index contributed by atoms with van der Waals surface area (Å²) in [5.74, 6) is 4.39. The Bertz CT molecular complexity index is 468. The van der Waals surface area contributed by atoms with Gasteiger partial charge in [-0.25, -0.2) is 10.2 Å². The lowest BCUT2D eigenvalue weighted by Gasteiger charge is -2.18. The molecule has 0 atom stereocenters. The van der Waals surface area contributed by atoms with Gasteiger partial charge in [-0.15, -0.1) is 0 Å². The Balaban J connectivity index is 0.000000486. The number of carbonyl (C=O) groups excluding carboxylic acids is 1. The number of halogens is 4. The van der Waals surface area contributed by atoms with Gasteiger partial charge in [-0.05, 0) is 39.0 Å². The van der Waals surface area contributed by atoms with Crippen LogP contribution < -0.4 is 10.9 Å². The second-order valence-electron chi connectivity index (χ2n) is 5.10. The standard InChI is InChI=1S/C8H8F4N2.C5H10O2/c1-14(13)7-4-5(9)2-3-6(7)8(10,11)12;1-5(2,3)7-4-6/h2-4H,13H2,1H3;4H,1-3H3. The smallest absolute Gasteiger partial charge is 0.418 e. The Hall–Kier alpha value is -1.83. The van der Waals surface area contributed by atoms with Gasteiger partial charge in [0.25, 0.3) is 6.47 Å².